The summed E-state index contributed by atoms with van der Waals surface area (Å²) >= 11 is 0. The van der Waals surface area contributed by atoms with Gasteiger partial charge in [0.05, 0.1) is 11.5 Å². The van der Waals surface area contributed by atoms with Gasteiger partial charge in [0.1, 0.15) is 0 Å². The normalized spacial score (nSPS) is 24.8. The smallest absolute Gasteiger partial charge is 0.154 e. The molecule has 0 amide bonds. The molecule has 13 heavy (non-hydrogen) atoms. The third kappa shape index (κ3) is 2.42. The molecule has 0 saturated carbocycles. The summed E-state index contributed by atoms with van der Waals surface area (Å²) in [4.78, 5) is 0. The summed E-state index contributed by atoms with van der Waals surface area (Å²) in [6.07, 6.45) is -1.40. The lowest BCUT2D eigenvalue weighted by molar-refractivity contribution is -0.111. The van der Waals surface area contributed by atoms with Crippen LogP contribution in [0.4, 0.5) is 0 Å². The number of sulfone groups is 1. The van der Waals surface area contributed by atoms with E-state index in [1.165, 1.54) is 0 Å². The van der Waals surface area contributed by atoms with Gasteiger partial charge in [0.15, 0.2) is 16.1 Å². The van der Waals surface area contributed by atoms with E-state index in [4.69, 9.17) is 10.2 Å². The van der Waals surface area contributed by atoms with Gasteiger partial charge in [-0.15, -0.1) is 0 Å². The Morgan fingerprint density at radius 2 is 1.69 bits per heavy atom. The van der Waals surface area contributed by atoms with Crippen molar-refractivity contribution in [2.45, 2.75) is 20.1 Å². The molecule has 0 aromatic rings. The third-order valence-electron chi connectivity index (χ3n) is 2.59. The molecular formula is C8H16O4S. The van der Waals surface area contributed by atoms with Crippen LogP contribution in [0.1, 0.15) is 13.8 Å². The molecule has 1 fully saturated rings. The Hall–Kier alpha value is -0.130. The minimum atomic E-state index is -2.86. The number of hydrogen-bond acceptors (Lipinski definition) is 4. The number of aliphatic hydroxyl groups is 2. The molecule has 0 aromatic carbocycles. The Kier molecular flexibility index (Phi) is 2.99. The highest BCUT2D eigenvalue weighted by Gasteiger charge is 2.42. The van der Waals surface area contributed by atoms with Gasteiger partial charge in [-0.1, -0.05) is 13.8 Å². The van der Waals surface area contributed by atoms with E-state index < -0.39 is 16.1 Å². The fourth-order valence-electron chi connectivity index (χ4n) is 1.96. The molecule has 0 radical (unpaired) electrons. The van der Waals surface area contributed by atoms with Crippen molar-refractivity contribution in [3.05, 3.63) is 0 Å². The van der Waals surface area contributed by atoms with Crippen LogP contribution in [-0.4, -0.2) is 36.4 Å². The van der Waals surface area contributed by atoms with Crippen LogP contribution in [0.3, 0.4) is 0 Å². The van der Waals surface area contributed by atoms with E-state index in [0.29, 0.717) is 0 Å². The van der Waals surface area contributed by atoms with Crippen LogP contribution in [0.2, 0.25) is 0 Å². The molecule has 1 aliphatic heterocycles. The molecule has 1 saturated heterocycles. The Morgan fingerprint density at radius 3 is 1.92 bits per heavy atom. The van der Waals surface area contributed by atoms with Gasteiger partial charge in [0, 0.05) is 5.92 Å². The molecule has 1 aliphatic rings. The van der Waals surface area contributed by atoms with Crippen molar-refractivity contribution in [3.63, 3.8) is 0 Å². The highest BCUT2D eigenvalue weighted by molar-refractivity contribution is 7.92. The van der Waals surface area contributed by atoms with Crippen LogP contribution in [0.5, 0.6) is 0 Å². The van der Waals surface area contributed by atoms with Gasteiger partial charge in [-0.25, -0.2) is 8.42 Å². The number of aliphatic hydroxyl groups excluding tert-OH is 1. The maximum Gasteiger partial charge on any atom is 0.154 e. The Balaban J connectivity index is 2.60. The van der Waals surface area contributed by atoms with E-state index in [-0.39, 0.29) is 29.3 Å². The molecule has 0 bridgehead atoms. The molecule has 5 heteroatoms. The van der Waals surface area contributed by atoms with Crippen molar-refractivity contribution < 1.29 is 18.6 Å². The summed E-state index contributed by atoms with van der Waals surface area (Å²) in [5.41, 5.74) is 0. The van der Waals surface area contributed by atoms with Gasteiger partial charge in [-0.3, -0.25) is 0 Å². The highest BCUT2D eigenvalue weighted by Crippen LogP contribution is 2.32. The molecule has 2 N–H and O–H groups in total. The summed E-state index contributed by atoms with van der Waals surface area (Å²) in [6.45, 7) is 3.74. The lowest BCUT2D eigenvalue weighted by Crippen LogP contribution is -2.47. The standard InChI is InChI=1S/C8H16O4S/c1-5(2)7(8(9)10)6-3-13(11,12)4-6/h5-10H,3-4H2,1-2H3. The van der Waals surface area contributed by atoms with Crippen LogP contribution < -0.4 is 0 Å². The summed E-state index contributed by atoms with van der Waals surface area (Å²) in [5.74, 6) is -0.0879. The minimum absolute atomic E-state index is 0.0787. The van der Waals surface area contributed by atoms with Crippen molar-refractivity contribution in [2.75, 3.05) is 11.5 Å². The molecule has 0 spiro atoms. The average Bonchev–Trinajstić information content (AvgIpc) is 1.80. The average molecular weight is 208 g/mol. The molecule has 0 aromatic heterocycles. The predicted molar refractivity (Wildman–Crippen MR) is 48.7 cm³/mol. The molecule has 1 rings (SSSR count). The van der Waals surface area contributed by atoms with E-state index in [9.17, 15) is 8.42 Å². The Bertz CT molecular complexity index is 248. The Morgan fingerprint density at radius 1 is 1.23 bits per heavy atom. The summed E-state index contributed by atoms with van der Waals surface area (Å²) in [7, 11) is -2.86. The zero-order chi connectivity index (χ0) is 10.2. The molecular weight excluding hydrogens is 192 g/mol. The quantitative estimate of drug-likeness (QED) is 0.620. The number of rotatable bonds is 3. The fraction of sp³-hybridized carbons (Fsp3) is 1.00. The van der Waals surface area contributed by atoms with Crippen molar-refractivity contribution in [2.24, 2.45) is 17.8 Å². The highest BCUT2D eigenvalue weighted by atomic mass is 32.2. The Labute approximate surface area is 78.5 Å². The molecule has 1 atom stereocenters. The zero-order valence-electron chi connectivity index (χ0n) is 7.84. The molecule has 1 unspecified atom stereocenters. The number of hydrogen-bond donors (Lipinski definition) is 2. The largest absolute Gasteiger partial charge is 0.368 e. The predicted octanol–water partition coefficient (Wildman–Crippen LogP) is -0.386. The zero-order valence-corrected chi connectivity index (χ0v) is 8.66. The van der Waals surface area contributed by atoms with Crippen LogP contribution in [-0.2, 0) is 9.84 Å². The van der Waals surface area contributed by atoms with Crippen LogP contribution in [0.15, 0.2) is 0 Å². The first-order valence-corrected chi connectivity index (χ1v) is 6.22. The second-order valence-corrected chi connectivity index (χ2v) is 6.23. The summed E-state index contributed by atoms with van der Waals surface area (Å²) < 4.78 is 21.8. The second kappa shape index (κ2) is 3.55. The summed E-state index contributed by atoms with van der Waals surface area (Å²) in [5, 5.41) is 18.1. The van der Waals surface area contributed by atoms with Gasteiger partial charge < -0.3 is 10.2 Å². The molecule has 1 heterocycles. The molecule has 78 valence electrons. The van der Waals surface area contributed by atoms with Crippen molar-refractivity contribution in [1.82, 2.24) is 0 Å². The third-order valence-corrected chi connectivity index (χ3v) is 4.47. The minimum Gasteiger partial charge on any atom is -0.368 e. The van der Waals surface area contributed by atoms with Crippen LogP contribution in [0.25, 0.3) is 0 Å². The van der Waals surface area contributed by atoms with Crippen molar-refractivity contribution in [3.8, 4) is 0 Å². The van der Waals surface area contributed by atoms with Gasteiger partial charge in [-0.05, 0) is 11.8 Å². The first-order valence-electron chi connectivity index (χ1n) is 4.40. The van der Waals surface area contributed by atoms with E-state index >= 15 is 0 Å². The van der Waals surface area contributed by atoms with Gasteiger partial charge >= 0.3 is 0 Å². The maximum absolute atomic E-state index is 10.9. The molecule has 0 aliphatic carbocycles. The maximum atomic E-state index is 10.9. The van der Waals surface area contributed by atoms with Crippen molar-refractivity contribution >= 4 is 9.84 Å². The van der Waals surface area contributed by atoms with Crippen LogP contribution >= 0.6 is 0 Å². The first-order chi connectivity index (χ1) is 5.83. The van der Waals surface area contributed by atoms with Gasteiger partial charge in [0.2, 0.25) is 0 Å². The fourth-order valence-corrected chi connectivity index (χ4v) is 3.61. The van der Waals surface area contributed by atoms with E-state index in [0.717, 1.165) is 0 Å². The summed E-state index contributed by atoms with van der Waals surface area (Å²) in [6, 6.07) is 0. The SMILES string of the molecule is CC(C)C(C(O)O)C1CS(=O)(=O)C1. The first kappa shape index (κ1) is 10.9. The van der Waals surface area contributed by atoms with Gasteiger partial charge in [0.25, 0.3) is 0 Å². The second-order valence-electron chi connectivity index (χ2n) is 4.07. The van der Waals surface area contributed by atoms with E-state index in [1.54, 1.807) is 0 Å². The lowest BCUT2D eigenvalue weighted by Gasteiger charge is -2.36. The lowest BCUT2D eigenvalue weighted by atomic mass is 9.84. The monoisotopic (exact) mass is 208 g/mol. The van der Waals surface area contributed by atoms with Gasteiger partial charge in [-0.2, -0.15) is 0 Å². The van der Waals surface area contributed by atoms with E-state index in [2.05, 4.69) is 0 Å². The molecule has 4 nitrogen and oxygen atoms in total. The van der Waals surface area contributed by atoms with E-state index in [1.807, 2.05) is 13.8 Å². The van der Waals surface area contributed by atoms with Crippen molar-refractivity contribution in [1.29, 1.82) is 0 Å². The van der Waals surface area contributed by atoms with Crippen LogP contribution in [0, 0.1) is 17.8 Å². The topological polar surface area (TPSA) is 74.6 Å².